The van der Waals surface area contributed by atoms with E-state index in [1.54, 1.807) is 12.1 Å². The van der Waals surface area contributed by atoms with Crippen LogP contribution in [0.1, 0.15) is 18.4 Å². The van der Waals surface area contributed by atoms with Gasteiger partial charge in [-0.05, 0) is 37.6 Å². The van der Waals surface area contributed by atoms with Crippen LogP contribution in [0.2, 0.25) is 0 Å². The Balaban J connectivity index is 1.50. The lowest BCUT2D eigenvalue weighted by atomic mass is 10.2. The number of rotatable bonds is 5. The largest absolute Gasteiger partial charge is 0.492 e. The summed E-state index contributed by atoms with van der Waals surface area (Å²) < 4.78 is 5.76. The zero-order chi connectivity index (χ0) is 16.8. The van der Waals surface area contributed by atoms with Gasteiger partial charge < -0.3 is 9.64 Å². The number of hydrogen-bond acceptors (Lipinski definition) is 5. The van der Waals surface area contributed by atoms with Gasteiger partial charge in [0.1, 0.15) is 12.4 Å². The lowest BCUT2D eigenvalue weighted by Gasteiger charge is -2.32. The summed E-state index contributed by atoms with van der Waals surface area (Å²) in [5.74, 6) is 3.11. The predicted octanol–water partition coefficient (Wildman–Crippen LogP) is 1.98. The number of ether oxygens (including phenoxy) is 1. The number of nitriles is 1. The molecule has 2 fully saturated rings. The molecule has 1 amide bonds. The van der Waals surface area contributed by atoms with Gasteiger partial charge in [0, 0.05) is 31.1 Å². The highest BCUT2D eigenvalue weighted by Crippen LogP contribution is 2.21. The average Bonchev–Trinajstić information content (AvgIpc) is 3.10. The zero-order valence-electron chi connectivity index (χ0n) is 13.8. The van der Waals surface area contributed by atoms with Crippen molar-refractivity contribution < 1.29 is 9.53 Å². The van der Waals surface area contributed by atoms with E-state index in [9.17, 15) is 4.79 Å². The van der Waals surface area contributed by atoms with Crippen LogP contribution in [0.25, 0.3) is 0 Å². The van der Waals surface area contributed by atoms with E-state index < -0.39 is 0 Å². The molecule has 0 unspecified atom stereocenters. The lowest BCUT2D eigenvalue weighted by Crippen LogP contribution is -2.49. The van der Waals surface area contributed by atoms with Crippen LogP contribution in [0, 0.1) is 11.3 Å². The molecular formula is C18H23N3O2S. The maximum absolute atomic E-state index is 12.7. The summed E-state index contributed by atoms with van der Waals surface area (Å²) in [5.41, 5.74) is 0.602. The highest BCUT2D eigenvalue weighted by atomic mass is 32.2. The number of likely N-dealkylation sites (tertiary alicyclic amines) is 1. The molecule has 2 aliphatic rings. The van der Waals surface area contributed by atoms with Crippen molar-refractivity contribution in [3.8, 4) is 11.8 Å². The Morgan fingerprint density at radius 3 is 2.96 bits per heavy atom. The van der Waals surface area contributed by atoms with Gasteiger partial charge in [-0.15, -0.1) is 0 Å². The third-order valence-corrected chi connectivity index (χ3v) is 5.52. The van der Waals surface area contributed by atoms with E-state index in [-0.39, 0.29) is 6.04 Å². The van der Waals surface area contributed by atoms with Crippen molar-refractivity contribution in [2.24, 2.45) is 0 Å². The van der Waals surface area contributed by atoms with Crippen molar-refractivity contribution >= 4 is 17.7 Å². The van der Waals surface area contributed by atoms with Crippen molar-refractivity contribution in [2.75, 3.05) is 44.3 Å². The predicted molar refractivity (Wildman–Crippen MR) is 95.2 cm³/mol. The number of thioether (sulfide) groups is 1. The van der Waals surface area contributed by atoms with Gasteiger partial charge in [-0.1, -0.05) is 6.07 Å². The Hall–Kier alpha value is -1.71. The molecule has 6 heteroatoms. The van der Waals surface area contributed by atoms with Crippen molar-refractivity contribution in [2.45, 2.75) is 18.9 Å². The minimum Gasteiger partial charge on any atom is -0.492 e. The van der Waals surface area contributed by atoms with Crippen LogP contribution in [0.15, 0.2) is 24.3 Å². The van der Waals surface area contributed by atoms with E-state index in [0.29, 0.717) is 23.8 Å². The molecule has 3 rings (SSSR count). The summed E-state index contributed by atoms with van der Waals surface area (Å²) in [6, 6.07) is 9.33. The van der Waals surface area contributed by atoms with Gasteiger partial charge in [-0.2, -0.15) is 17.0 Å². The Morgan fingerprint density at radius 1 is 1.33 bits per heavy atom. The average molecular weight is 345 g/mol. The minimum atomic E-state index is 0.0159. The van der Waals surface area contributed by atoms with Gasteiger partial charge in [0.15, 0.2) is 0 Å². The van der Waals surface area contributed by atoms with Gasteiger partial charge in [-0.3, -0.25) is 9.69 Å². The molecule has 0 radical (unpaired) electrons. The fraction of sp³-hybridized carbons (Fsp3) is 0.556. The Kier molecular flexibility index (Phi) is 6.00. The first kappa shape index (κ1) is 17.1. The third kappa shape index (κ3) is 4.22. The second kappa shape index (κ2) is 8.41. The quantitative estimate of drug-likeness (QED) is 0.817. The fourth-order valence-corrected chi connectivity index (χ4v) is 4.21. The summed E-state index contributed by atoms with van der Waals surface area (Å²) in [6.45, 7) is 4.00. The molecule has 24 heavy (non-hydrogen) atoms. The van der Waals surface area contributed by atoms with Crippen LogP contribution >= 0.6 is 11.8 Å². The maximum Gasteiger partial charge on any atom is 0.239 e. The normalized spacial score (nSPS) is 21.5. The smallest absolute Gasteiger partial charge is 0.239 e. The standard InChI is InChI=1S/C18H23N3O2S/c19-14-15-3-1-4-16(13-15)23-10-7-20-6-2-5-17(20)18(22)21-8-11-24-12-9-21/h1,3-4,13,17H,2,5-12H2/t17-/m1/s1. The first-order chi connectivity index (χ1) is 11.8. The summed E-state index contributed by atoms with van der Waals surface area (Å²) in [4.78, 5) is 17.0. The Bertz CT molecular complexity index is 611. The van der Waals surface area contributed by atoms with E-state index in [1.165, 1.54) is 0 Å². The molecule has 0 saturated carbocycles. The van der Waals surface area contributed by atoms with Crippen LogP contribution in [-0.2, 0) is 4.79 Å². The fourth-order valence-electron chi connectivity index (χ4n) is 3.30. The molecule has 128 valence electrons. The van der Waals surface area contributed by atoms with Crippen LogP contribution < -0.4 is 4.74 Å². The monoisotopic (exact) mass is 345 g/mol. The second-order valence-corrected chi connectivity index (χ2v) is 7.34. The van der Waals surface area contributed by atoms with Crippen molar-refractivity contribution in [3.05, 3.63) is 29.8 Å². The second-order valence-electron chi connectivity index (χ2n) is 6.12. The van der Waals surface area contributed by atoms with E-state index in [0.717, 1.165) is 50.5 Å². The van der Waals surface area contributed by atoms with Crippen LogP contribution in [-0.4, -0.2) is 66.0 Å². The summed E-state index contributed by atoms with van der Waals surface area (Å²) in [7, 11) is 0. The third-order valence-electron chi connectivity index (χ3n) is 4.58. The molecule has 1 aromatic carbocycles. The highest BCUT2D eigenvalue weighted by Gasteiger charge is 2.33. The summed E-state index contributed by atoms with van der Waals surface area (Å²) >= 11 is 1.92. The SMILES string of the molecule is N#Cc1cccc(OCCN2CCC[C@@H]2C(=O)N2CCSCC2)c1. The van der Waals surface area contributed by atoms with E-state index in [1.807, 2.05) is 28.8 Å². The van der Waals surface area contributed by atoms with Gasteiger partial charge in [0.2, 0.25) is 5.91 Å². The number of carbonyl (C=O) groups is 1. The first-order valence-electron chi connectivity index (χ1n) is 8.51. The first-order valence-corrected chi connectivity index (χ1v) is 9.67. The summed E-state index contributed by atoms with van der Waals surface area (Å²) in [5, 5.41) is 8.92. The zero-order valence-corrected chi connectivity index (χ0v) is 14.6. The van der Waals surface area contributed by atoms with Gasteiger partial charge in [0.25, 0.3) is 0 Å². The summed E-state index contributed by atoms with van der Waals surface area (Å²) in [6.07, 6.45) is 2.02. The number of hydrogen-bond donors (Lipinski definition) is 0. The molecule has 2 saturated heterocycles. The Morgan fingerprint density at radius 2 is 2.17 bits per heavy atom. The molecule has 1 atom stereocenters. The van der Waals surface area contributed by atoms with Crippen molar-refractivity contribution in [1.29, 1.82) is 5.26 Å². The lowest BCUT2D eigenvalue weighted by molar-refractivity contribution is -0.135. The highest BCUT2D eigenvalue weighted by molar-refractivity contribution is 7.99. The molecule has 2 heterocycles. The van der Waals surface area contributed by atoms with Gasteiger partial charge in [0.05, 0.1) is 17.7 Å². The molecule has 5 nitrogen and oxygen atoms in total. The topological polar surface area (TPSA) is 56.6 Å². The molecule has 0 aliphatic carbocycles. The molecule has 0 aromatic heterocycles. The molecular weight excluding hydrogens is 322 g/mol. The van der Waals surface area contributed by atoms with E-state index >= 15 is 0 Å². The van der Waals surface area contributed by atoms with Crippen LogP contribution in [0.5, 0.6) is 5.75 Å². The molecule has 1 aromatic rings. The number of amides is 1. The molecule has 2 aliphatic heterocycles. The molecule has 0 spiro atoms. The van der Waals surface area contributed by atoms with E-state index in [4.69, 9.17) is 10.00 Å². The minimum absolute atomic E-state index is 0.0159. The van der Waals surface area contributed by atoms with E-state index in [2.05, 4.69) is 11.0 Å². The maximum atomic E-state index is 12.7. The van der Waals surface area contributed by atoms with Crippen LogP contribution in [0.4, 0.5) is 0 Å². The van der Waals surface area contributed by atoms with Crippen molar-refractivity contribution in [1.82, 2.24) is 9.80 Å². The Labute approximate surface area is 147 Å². The number of carbonyl (C=O) groups excluding carboxylic acids is 1. The van der Waals surface area contributed by atoms with Gasteiger partial charge in [-0.25, -0.2) is 0 Å². The van der Waals surface area contributed by atoms with Crippen molar-refractivity contribution in [3.63, 3.8) is 0 Å². The van der Waals surface area contributed by atoms with Gasteiger partial charge >= 0.3 is 0 Å². The number of benzene rings is 1. The van der Waals surface area contributed by atoms with Crippen LogP contribution in [0.3, 0.4) is 0 Å². The number of nitrogens with zero attached hydrogens (tertiary/aromatic N) is 3. The molecule has 0 bridgehead atoms. The molecule has 0 N–H and O–H groups in total.